The highest BCUT2D eigenvalue weighted by molar-refractivity contribution is 6.00. The molecule has 0 bridgehead atoms. The van der Waals surface area contributed by atoms with Gasteiger partial charge < -0.3 is 14.9 Å². The molecule has 1 atom stereocenters. The van der Waals surface area contributed by atoms with E-state index in [1.807, 2.05) is 45.9 Å². The molecular formula is C24H26O4. The van der Waals surface area contributed by atoms with Crippen molar-refractivity contribution < 1.29 is 19.7 Å². The molecule has 0 spiro atoms. The van der Waals surface area contributed by atoms with Crippen LogP contribution in [0.25, 0.3) is 6.08 Å². The molecule has 4 heteroatoms. The van der Waals surface area contributed by atoms with Crippen molar-refractivity contribution in [2.24, 2.45) is 0 Å². The predicted octanol–water partition coefficient (Wildman–Crippen LogP) is 5.74. The molecule has 0 radical (unpaired) electrons. The number of aromatic hydroxyl groups is 2. The number of fused-ring (bicyclic) bond motifs is 1. The molecule has 1 aliphatic heterocycles. The first kappa shape index (κ1) is 19.7. The van der Waals surface area contributed by atoms with E-state index < -0.39 is 6.10 Å². The van der Waals surface area contributed by atoms with Crippen LogP contribution in [0.5, 0.6) is 17.2 Å². The van der Waals surface area contributed by atoms with Crippen molar-refractivity contribution in [1.82, 2.24) is 0 Å². The average Bonchev–Trinajstić information content (AvgIpc) is 2.61. The van der Waals surface area contributed by atoms with E-state index in [0.29, 0.717) is 23.3 Å². The maximum absolute atomic E-state index is 12.6. The second-order valence-electron chi connectivity index (χ2n) is 7.74. The molecular weight excluding hydrogens is 352 g/mol. The Hall–Kier alpha value is -3.01. The number of hydrogen-bond acceptors (Lipinski definition) is 4. The molecule has 3 rings (SSSR count). The van der Waals surface area contributed by atoms with Gasteiger partial charge in [0.1, 0.15) is 23.4 Å². The molecule has 28 heavy (non-hydrogen) atoms. The number of ether oxygens (including phenoxy) is 1. The van der Waals surface area contributed by atoms with Gasteiger partial charge >= 0.3 is 0 Å². The third-order valence-corrected chi connectivity index (χ3v) is 4.69. The number of carbonyl (C=O) groups excluding carboxylic acids is 1. The van der Waals surface area contributed by atoms with Crippen LogP contribution >= 0.6 is 0 Å². The number of allylic oxidation sites excluding steroid dienone is 3. The van der Waals surface area contributed by atoms with Crippen LogP contribution in [0.3, 0.4) is 0 Å². The first-order chi connectivity index (χ1) is 13.2. The second kappa shape index (κ2) is 7.93. The Bertz CT molecular complexity index is 974. The Labute approximate surface area is 165 Å². The summed E-state index contributed by atoms with van der Waals surface area (Å²) in [4.78, 5) is 12.6. The number of phenols is 2. The first-order valence-corrected chi connectivity index (χ1v) is 9.41. The van der Waals surface area contributed by atoms with Crippen LogP contribution in [0.1, 0.15) is 67.3 Å². The molecule has 2 aromatic carbocycles. The lowest BCUT2D eigenvalue weighted by Crippen LogP contribution is -2.20. The Balaban J connectivity index is 2.05. The van der Waals surface area contributed by atoms with E-state index in [0.717, 1.165) is 16.7 Å². The molecule has 0 amide bonds. The van der Waals surface area contributed by atoms with E-state index in [1.165, 1.54) is 17.7 Å². The van der Waals surface area contributed by atoms with Gasteiger partial charge in [-0.2, -0.15) is 0 Å². The SMILES string of the molecule is CC(C)=CCc1cc(C2CC(=O)c3ccc(O)cc3O2)cc(C=C(C)C)c1O. The molecule has 0 saturated carbocycles. The molecule has 0 aromatic heterocycles. The summed E-state index contributed by atoms with van der Waals surface area (Å²) in [7, 11) is 0. The normalized spacial score (nSPS) is 15.4. The van der Waals surface area contributed by atoms with Gasteiger partial charge in [-0.25, -0.2) is 0 Å². The molecule has 1 unspecified atom stereocenters. The minimum Gasteiger partial charge on any atom is -0.508 e. The van der Waals surface area contributed by atoms with Crippen LogP contribution in [-0.2, 0) is 6.42 Å². The van der Waals surface area contributed by atoms with Crippen molar-refractivity contribution in [3.63, 3.8) is 0 Å². The van der Waals surface area contributed by atoms with Gasteiger partial charge in [-0.15, -0.1) is 0 Å². The van der Waals surface area contributed by atoms with Gasteiger partial charge in [-0.3, -0.25) is 4.79 Å². The number of carbonyl (C=O) groups is 1. The molecule has 1 heterocycles. The average molecular weight is 378 g/mol. The quantitative estimate of drug-likeness (QED) is 0.666. The number of ketones is 1. The minimum absolute atomic E-state index is 0.0195. The zero-order valence-corrected chi connectivity index (χ0v) is 16.7. The summed E-state index contributed by atoms with van der Waals surface area (Å²) in [5, 5.41) is 20.4. The largest absolute Gasteiger partial charge is 0.508 e. The van der Waals surface area contributed by atoms with Gasteiger partial charge in [-0.1, -0.05) is 23.3 Å². The number of rotatable bonds is 4. The van der Waals surface area contributed by atoms with E-state index in [9.17, 15) is 15.0 Å². The fraction of sp³-hybridized carbons (Fsp3) is 0.292. The van der Waals surface area contributed by atoms with Crippen LogP contribution in [-0.4, -0.2) is 16.0 Å². The van der Waals surface area contributed by atoms with E-state index in [-0.39, 0.29) is 23.7 Å². The lowest BCUT2D eigenvalue weighted by atomic mass is 9.92. The summed E-state index contributed by atoms with van der Waals surface area (Å²) < 4.78 is 6.05. The summed E-state index contributed by atoms with van der Waals surface area (Å²) >= 11 is 0. The Morgan fingerprint density at radius 3 is 2.54 bits per heavy atom. The standard InChI is InChI=1S/C24H26O4/c1-14(2)5-6-16-10-17(11-18(24(16)27)9-15(3)4)22-13-21(26)20-8-7-19(25)12-23(20)28-22/h5,7-12,22,25,27H,6,13H2,1-4H3. The van der Waals surface area contributed by atoms with E-state index >= 15 is 0 Å². The van der Waals surface area contributed by atoms with Gasteiger partial charge in [0.2, 0.25) is 0 Å². The molecule has 146 valence electrons. The number of hydrogen-bond donors (Lipinski definition) is 2. The molecule has 2 aromatic rings. The van der Waals surface area contributed by atoms with Crippen molar-refractivity contribution in [1.29, 1.82) is 0 Å². The highest BCUT2D eigenvalue weighted by Gasteiger charge is 2.29. The van der Waals surface area contributed by atoms with Crippen molar-refractivity contribution in [2.45, 2.75) is 46.6 Å². The number of phenolic OH excluding ortho intramolecular Hbond substituents is 2. The van der Waals surface area contributed by atoms with Crippen molar-refractivity contribution in [3.05, 3.63) is 69.8 Å². The molecule has 4 nitrogen and oxygen atoms in total. The fourth-order valence-corrected chi connectivity index (χ4v) is 3.32. The van der Waals surface area contributed by atoms with Crippen molar-refractivity contribution in [3.8, 4) is 17.2 Å². The molecule has 0 aliphatic carbocycles. The smallest absolute Gasteiger partial charge is 0.170 e. The summed E-state index contributed by atoms with van der Waals surface area (Å²) in [6.45, 7) is 7.98. The summed E-state index contributed by atoms with van der Waals surface area (Å²) in [5.74, 6) is 0.688. The van der Waals surface area contributed by atoms with E-state index in [2.05, 4.69) is 6.08 Å². The Morgan fingerprint density at radius 2 is 1.86 bits per heavy atom. The third-order valence-electron chi connectivity index (χ3n) is 4.69. The highest BCUT2D eigenvalue weighted by Crippen LogP contribution is 2.39. The van der Waals surface area contributed by atoms with Crippen LogP contribution in [0.2, 0.25) is 0 Å². The van der Waals surface area contributed by atoms with E-state index in [4.69, 9.17) is 4.74 Å². The monoisotopic (exact) mass is 378 g/mol. The minimum atomic E-state index is -0.461. The van der Waals surface area contributed by atoms with Gasteiger partial charge in [0.05, 0.1) is 12.0 Å². The zero-order valence-electron chi connectivity index (χ0n) is 16.7. The van der Waals surface area contributed by atoms with Crippen LogP contribution in [0.4, 0.5) is 0 Å². The fourth-order valence-electron chi connectivity index (χ4n) is 3.32. The maximum Gasteiger partial charge on any atom is 0.170 e. The van der Waals surface area contributed by atoms with Gasteiger partial charge in [0.15, 0.2) is 5.78 Å². The van der Waals surface area contributed by atoms with Gasteiger partial charge in [0.25, 0.3) is 0 Å². The molecule has 0 fully saturated rings. The predicted molar refractivity (Wildman–Crippen MR) is 111 cm³/mol. The lowest BCUT2D eigenvalue weighted by molar-refractivity contribution is 0.0849. The third kappa shape index (κ3) is 4.28. The molecule has 1 aliphatic rings. The van der Waals surface area contributed by atoms with Gasteiger partial charge in [-0.05, 0) is 69.5 Å². The molecule has 2 N–H and O–H groups in total. The first-order valence-electron chi connectivity index (χ1n) is 9.41. The van der Waals surface area contributed by atoms with E-state index in [1.54, 1.807) is 6.07 Å². The summed E-state index contributed by atoms with van der Waals surface area (Å²) in [5.41, 5.74) is 5.07. The number of Topliss-reactive ketones (excluding diaryl/α,β-unsaturated/α-hetero) is 1. The lowest BCUT2D eigenvalue weighted by Gasteiger charge is -2.26. The van der Waals surface area contributed by atoms with Crippen molar-refractivity contribution >= 4 is 11.9 Å². The van der Waals surface area contributed by atoms with Crippen molar-refractivity contribution in [2.75, 3.05) is 0 Å². The number of benzene rings is 2. The highest BCUT2D eigenvalue weighted by atomic mass is 16.5. The van der Waals surface area contributed by atoms with Crippen LogP contribution < -0.4 is 4.74 Å². The summed E-state index contributed by atoms with van der Waals surface area (Å²) in [6.07, 6.45) is 4.35. The Morgan fingerprint density at radius 1 is 1.11 bits per heavy atom. The zero-order chi connectivity index (χ0) is 20.4. The topological polar surface area (TPSA) is 66.8 Å². The maximum atomic E-state index is 12.6. The molecule has 0 saturated heterocycles. The Kier molecular flexibility index (Phi) is 5.59. The summed E-state index contributed by atoms with van der Waals surface area (Å²) in [6, 6.07) is 8.34. The van der Waals surface area contributed by atoms with Crippen LogP contribution in [0.15, 0.2) is 47.6 Å². The second-order valence-corrected chi connectivity index (χ2v) is 7.74. The van der Waals surface area contributed by atoms with Crippen LogP contribution in [0, 0.1) is 0 Å². The van der Waals surface area contributed by atoms with Gasteiger partial charge in [0, 0.05) is 11.6 Å².